The van der Waals surface area contributed by atoms with E-state index in [1.54, 1.807) is 18.2 Å². The SMILES string of the molecule is O=C1CCCc2ccc(NC(=O)c3ccc4c(c3)C(=O)NCCO4)cc2N1. The Morgan fingerprint density at radius 1 is 1.07 bits per heavy atom. The third kappa shape index (κ3) is 3.62. The second kappa shape index (κ2) is 7.11. The lowest BCUT2D eigenvalue weighted by molar-refractivity contribution is -0.116. The van der Waals surface area contributed by atoms with Crippen molar-refractivity contribution in [2.75, 3.05) is 23.8 Å². The molecule has 3 amide bonds. The second-order valence-electron chi connectivity index (χ2n) is 6.54. The molecule has 0 atom stereocenters. The molecule has 2 aliphatic heterocycles. The number of carbonyl (C=O) groups excluding carboxylic acids is 3. The lowest BCUT2D eigenvalue weighted by Crippen LogP contribution is -2.24. The first-order valence-corrected chi connectivity index (χ1v) is 8.89. The second-order valence-corrected chi connectivity index (χ2v) is 6.54. The highest BCUT2D eigenvalue weighted by Crippen LogP contribution is 2.27. The molecule has 0 saturated carbocycles. The zero-order chi connectivity index (χ0) is 18.8. The van der Waals surface area contributed by atoms with Gasteiger partial charge in [-0.1, -0.05) is 6.07 Å². The summed E-state index contributed by atoms with van der Waals surface area (Å²) in [7, 11) is 0. The number of fused-ring (bicyclic) bond motifs is 2. The van der Waals surface area contributed by atoms with Crippen molar-refractivity contribution in [1.29, 1.82) is 0 Å². The van der Waals surface area contributed by atoms with Gasteiger partial charge in [-0.15, -0.1) is 0 Å². The number of hydrogen-bond acceptors (Lipinski definition) is 4. The molecule has 138 valence electrons. The molecular formula is C20H19N3O4. The molecule has 0 bridgehead atoms. The van der Waals surface area contributed by atoms with Gasteiger partial charge in [0.25, 0.3) is 11.8 Å². The lowest BCUT2D eigenvalue weighted by atomic mass is 10.1. The highest BCUT2D eigenvalue weighted by molar-refractivity contribution is 6.07. The van der Waals surface area contributed by atoms with Crippen molar-refractivity contribution in [1.82, 2.24) is 5.32 Å². The van der Waals surface area contributed by atoms with Gasteiger partial charge in [0.15, 0.2) is 0 Å². The standard InChI is InChI=1S/C20H19N3O4/c24-18-3-1-2-12-4-6-14(11-16(12)23-18)22-19(25)13-5-7-17-15(10-13)20(26)21-8-9-27-17/h4-7,10-11H,1-3,8-9H2,(H,21,26)(H,22,25)(H,23,24). The van der Waals surface area contributed by atoms with E-state index in [0.717, 1.165) is 24.1 Å². The number of ether oxygens (including phenoxy) is 1. The molecule has 0 fully saturated rings. The maximum absolute atomic E-state index is 12.6. The van der Waals surface area contributed by atoms with Crippen LogP contribution in [0.3, 0.4) is 0 Å². The normalized spacial score (nSPS) is 15.9. The van der Waals surface area contributed by atoms with Gasteiger partial charge in [0.2, 0.25) is 5.91 Å². The van der Waals surface area contributed by atoms with Crippen molar-refractivity contribution in [3.8, 4) is 5.75 Å². The smallest absolute Gasteiger partial charge is 0.255 e. The lowest BCUT2D eigenvalue weighted by Gasteiger charge is -2.12. The minimum atomic E-state index is -0.338. The van der Waals surface area contributed by atoms with Crippen molar-refractivity contribution in [2.45, 2.75) is 19.3 Å². The number of rotatable bonds is 2. The summed E-state index contributed by atoms with van der Waals surface area (Å²) >= 11 is 0. The van der Waals surface area contributed by atoms with Gasteiger partial charge in [-0.25, -0.2) is 0 Å². The Kier molecular flexibility index (Phi) is 4.50. The third-order valence-corrected chi connectivity index (χ3v) is 4.62. The zero-order valence-electron chi connectivity index (χ0n) is 14.6. The predicted molar refractivity (Wildman–Crippen MR) is 100 cm³/mol. The van der Waals surface area contributed by atoms with Crippen LogP contribution in [0.4, 0.5) is 11.4 Å². The summed E-state index contributed by atoms with van der Waals surface area (Å²) in [5, 5.41) is 8.41. The number of hydrogen-bond donors (Lipinski definition) is 3. The van der Waals surface area contributed by atoms with Crippen LogP contribution in [0.15, 0.2) is 36.4 Å². The van der Waals surface area contributed by atoms with Crippen LogP contribution in [-0.4, -0.2) is 30.9 Å². The number of carbonyl (C=O) groups is 3. The van der Waals surface area contributed by atoms with Gasteiger partial charge in [0.05, 0.1) is 12.1 Å². The molecule has 0 aliphatic carbocycles. The predicted octanol–water partition coefficient (Wildman–Crippen LogP) is 2.34. The summed E-state index contributed by atoms with van der Waals surface area (Å²) in [5.41, 5.74) is 3.06. The first kappa shape index (κ1) is 17.1. The van der Waals surface area contributed by atoms with Crippen LogP contribution < -0.4 is 20.7 Å². The van der Waals surface area contributed by atoms with Crippen LogP contribution in [0.5, 0.6) is 5.75 Å². The Morgan fingerprint density at radius 3 is 2.85 bits per heavy atom. The molecule has 27 heavy (non-hydrogen) atoms. The molecule has 0 aromatic heterocycles. The fraction of sp³-hybridized carbons (Fsp3) is 0.250. The van der Waals surface area contributed by atoms with Crippen LogP contribution in [0.2, 0.25) is 0 Å². The highest BCUT2D eigenvalue weighted by Gasteiger charge is 2.19. The molecule has 7 nitrogen and oxygen atoms in total. The van der Waals surface area contributed by atoms with Crippen molar-refractivity contribution >= 4 is 29.1 Å². The Balaban J connectivity index is 1.56. The van der Waals surface area contributed by atoms with Gasteiger partial charge in [-0.05, 0) is 48.7 Å². The number of anilines is 2. The van der Waals surface area contributed by atoms with E-state index in [1.165, 1.54) is 6.07 Å². The Hall–Kier alpha value is -3.35. The molecule has 0 spiro atoms. The average molecular weight is 365 g/mol. The van der Waals surface area contributed by atoms with Crippen molar-refractivity contribution in [3.63, 3.8) is 0 Å². The Bertz CT molecular complexity index is 939. The van der Waals surface area contributed by atoms with Gasteiger partial charge in [-0.3, -0.25) is 14.4 Å². The highest BCUT2D eigenvalue weighted by atomic mass is 16.5. The molecule has 2 aromatic rings. The fourth-order valence-electron chi connectivity index (χ4n) is 3.24. The summed E-state index contributed by atoms with van der Waals surface area (Å²) < 4.78 is 5.50. The van der Waals surface area contributed by atoms with Gasteiger partial charge < -0.3 is 20.7 Å². The first-order chi connectivity index (χ1) is 13.1. The van der Waals surface area contributed by atoms with E-state index >= 15 is 0 Å². The van der Waals surface area contributed by atoms with E-state index in [4.69, 9.17) is 4.74 Å². The molecule has 2 heterocycles. The molecule has 2 aromatic carbocycles. The largest absolute Gasteiger partial charge is 0.491 e. The maximum atomic E-state index is 12.6. The molecule has 0 unspecified atom stereocenters. The minimum absolute atomic E-state index is 0.0195. The quantitative estimate of drug-likeness (QED) is 0.761. The summed E-state index contributed by atoms with van der Waals surface area (Å²) in [4.78, 5) is 36.5. The van der Waals surface area contributed by atoms with Crippen LogP contribution in [0.25, 0.3) is 0 Å². The summed E-state index contributed by atoms with van der Waals surface area (Å²) in [6, 6.07) is 10.3. The van der Waals surface area contributed by atoms with Crippen LogP contribution in [-0.2, 0) is 11.2 Å². The van der Waals surface area contributed by atoms with E-state index in [9.17, 15) is 14.4 Å². The fourth-order valence-corrected chi connectivity index (χ4v) is 3.24. The summed E-state index contributed by atoms with van der Waals surface area (Å²) in [6.07, 6.45) is 2.13. The molecule has 3 N–H and O–H groups in total. The molecule has 0 saturated heterocycles. The van der Waals surface area contributed by atoms with E-state index < -0.39 is 0 Å². The summed E-state index contributed by atoms with van der Waals surface area (Å²) in [6.45, 7) is 0.820. The van der Waals surface area contributed by atoms with Gasteiger partial charge in [0, 0.05) is 23.4 Å². The van der Waals surface area contributed by atoms with Gasteiger partial charge >= 0.3 is 0 Å². The zero-order valence-corrected chi connectivity index (χ0v) is 14.6. The first-order valence-electron chi connectivity index (χ1n) is 8.89. The van der Waals surface area contributed by atoms with Crippen LogP contribution in [0.1, 0.15) is 39.1 Å². The maximum Gasteiger partial charge on any atom is 0.255 e. The van der Waals surface area contributed by atoms with Crippen LogP contribution >= 0.6 is 0 Å². The Morgan fingerprint density at radius 2 is 1.96 bits per heavy atom. The topological polar surface area (TPSA) is 96.5 Å². The minimum Gasteiger partial charge on any atom is -0.491 e. The van der Waals surface area contributed by atoms with Crippen LogP contribution in [0, 0.1) is 0 Å². The van der Waals surface area contributed by atoms with E-state index in [-0.39, 0.29) is 17.7 Å². The molecule has 2 aliphatic rings. The summed E-state index contributed by atoms with van der Waals surface area (Å²) in [5.74, 6) is -0.150. The Labute approximate surface area is 156 Å². The van der Waals surface area contributed by atoms with E-state index in [2.05, 4.69) is 16.0 Å². The number of aryl methyl sites for hydroxylation is 1. The van der Waals surface area contributed by atoms with E-state index in [0.29, 0.717) is 42.1 Å². The van der Waals surface area contributed by atoms with E-state index in [1.807, 2.05) is 12.1 Å². The average Bonchev–Trinajstić information content (AvgIpc) is 2.96. The number of amides is 3. The van der Waals surface area contributed by atoms with Gasteiger partial charge in [0.1, 0.15) is 12.4 Å². The molecule has 7 heteroatoms. The molecular weight excluding hydrogens is 346 g/mol. The van der Waals surface area contributed by atoms with Gasteiger partial charge in [-0.2, -0.15) is 0 Å². The molecule has 4 rings (SSSR count). The van der Waals surface area contributed by atoms with Crippen molar-refractivity contribution < 1.29 is 19.1 Å². The number of benzene rings is 2. The third-order valence-electron chi connectivity index (χ3n) is 4.62. The van der Waals surface area contributed by atoms with Crippen molar-refractivity contribution in [2.24, 2.45) is 0 Å². The van der Waals surface area contributed by atoms with Crippen molar-refractivity contribution in [3.05, 3.63) is 53.1 Å². The molecule has 0 radical (unpaired) electrons. The number of nitrogens with one attached hydrogen (secondary N) is 3. The monoisotopic (exact) mass is 365 g/mol.